The van der Waals surface area contributed by atoms with Crippen molar-refractivity contribution in [2.24, 2.45) is 5.92 Å². The highest BCUT2D eigenvalue weighted by atomic mass is 16.6. The Kier molecular flexibility index (Phi) is 8.60. The number of amides is 1. The lowest BCUT2D eigenvalue weighted by Crippen LogP contribution is -2.52. The SMILES string of the molecule is CCOC(=O)C1=C[C@@H](OC(CC)CC)[C@H](NC(=O)OC(C)(C)C)[C@@H](C)C1. The topological polar surface area (TPSA) is 73.9 Å². The van der Waals surface area contributed by atoms with E-state index in [1.807, 2.05) is 27.7 Å². The number of carbonyl (C=O) groups is 2. The van der Waals surface area contributed by atoms with Crippen molar-refractivity contribution in [2.75, 3.05) is 6.61 Å². The fourth-order valence-electron chi connectivity index (χ4n) is 3.04. The van der Waals surface area contributed by atoms with Gasteiger partial charge in [0.2, 0.25) is 0 Å². The first-order valence-corrected chi connectivity index (χ1v) is 9.64. The van der Waals surface area contributed by atoms with Gasteiger partial charge in [-0.15, -0.1) is 0 Å². The van der Waals surface area contributed by atoms with Gasteiger partial charge in [0.1, 0.15) is 5.60 Å². The Hall–Kier alpha value is -1.56. The zero-order valence-corrected chi connectivity index (χ0v) is 17.3. The number of ether oxygens (including phenoxy) is 3. The van der Waals surface area contributed by atoms with Gasteiger partial charge in [-0.2, -0.15) is 0 Å². The summed E-state index contributed by atoms with van der Waals surface area (Å²) in [6.07, 6.45) is 3.26. The maximum atomic E-state index is 12.3. The van der Waals surface area contributed by atoms with Crippen molar-refractivity contribution in [1.29, 1.82) is 0 Å². The van der Waals surface area contributed by atoms with Crippen molar-refractivity contribution in [3.05, 3.63) is 11.6 Å². The average Bonchev–Trinajstić information content (AvgIpc) is 2.53. The minimum Gasteiger partial charge on any atom is -0.463 e. The summed E-state index contributed by atoms with van der Waals surface area (Å²) in [5, 5.41) is 2.94. The predicted molar refractivity (Wildman–Crippen MR) is 101 cm³/mol. The standard InChI is InChI=1S/C20H35NO5/c1-8-15(9-2)25-16-12-14(18(22)24-10-3)11-13(4)17(16)21-19(23)26-20(5,6)7/h12-13,15-17H,8-11H2,1-7H3,(H,21,23)/t13-,16+,17+/m0/s1. The van der Waals surface area contributed by atoms with Gasteiger partial charge in [-0.3, -0.25) is 0 Å². The summed E-state index contributed by atoms with van der Waals surface area (Å²) in [6, 6.07) is -0.261. The van der Waals surface area contributed by atoms with E-state index < -0.39 is 17.8 Å². The smallest absolute Gasteiger partial charge is 0.407 e. The number of hydrogen-bond acceptors (Lipinski definition) is 5. The Balaban J connectivity index is 3.00. The van der Waals surface area contributed by atoms with Gasteiger partial charge in [-0.05, 0) is 59.0 Å². The molecule has 0 heterocycles. The minimum absolute atomic E-state index is 0.0197. The van der Waals surface area contributed by atoms with Gasteiger partial charge in [-0.1, -0.05) is 20.8 Å². The van der Waals surface area contributed by atoms with E-state index in [1.54, 1.807) is 13.0 Å². The minimum atomic E-state index is -0.570. The number of hydrogen-bond donors (Lipinski definition) is 1. The van der Waals surface area contributed by atoms with Gasteiger partial charge in [-0.25, -0.2) is 9.59 Å². The summed E-state index contributed by atoms with van der Waals surface area (Å²) in [6.45, 7) is 13.7. The molecule has 1 amide bonds. The quantitative estimate of drug-likeness (QED) is 0.687. The molecular formula is C20H35NO5. The average molecular weight is 370 g/mol. The van der Waals surface area contributed by atoms with Crippen LogP contribution < -0.4 is 5.32 Å². The highest BCUT2D eigenvalue weighted by molar-refractivity contribution is 5.89. The van der Waals surface area contributed by atoms with E-state index in [1.165, 1.54) is 0 Å². The third-order valence-electron chi connectivity index (χ3n) is 4.36. The van der Waals surface area contributed by atoms with Crippen molar-refractivity contribution in [3.8, 4) is 0 Å². The second-order valence-corrected chi connectivity index (χ2v) is 7.80. The molecule has 0 radical (unpaired) electrons. The van der Waals surface area contributed by atoms with Crippen LogP contribution in [0.4, 0.5) is 4.79 Å². The number of alkyl carbamates (subject to hydrolysis) is 1. The molecule has 0 spiro atoms. The number of esters is 1. The molecule has 0 saturated carbocycles. The van der Waals surface area contributed by atoms with Crippen molar-refractivity contribution in [2.45, 2.75) is 91.6 Å². The second-order valence-electron chi connectivity index (χ2n) is 7.80. The summed E-state index contributed by atoms with van der Waals surface area (Å²) < 4.78 is 16.7. The Morgan fingerprint density at radius 1 is 1.23 bits per heavy atom. The Morgan fingerprint density at radius 2 is 1.85 bits per heavy atom. The van der Waals surface area contributed by atoms with Crippen LogP contribution in [0.3, 0.4) is 0 Å². The molecule has 0 aromatic heterocycles. The summed E-state index contributed by atoms with van der Waals surface area (Å²) in [7, 11) is 0. The zero-order chi connectivity index (χ0) is 19.9. The number of rotatable bonds is 7. The highest BCUT2D eigenvalue weighted by Gasteiger charge is 2.36. The molecule has 0 unspecified atom stereocenters. The fourth-order valence-corrected chi connectivity index (χ4v) is 3.04. The highest BCUT2D eigenvalue weighted by Crippen LogP contribution is 2.29. The maximum absolute atomic E-state index is 12.3. The van der Waals surface area contributed by atoms with Crippen molar-refractivity contribution in [3.63, 3.8) is 0 Å². The summed E-state index contributed by atoms with van der Waals surface area (Å²) in [5.41, 5.74) is 0.0390. The van der Waals surface area contributed by atoms with Gasteiger partial charge >= 0.3 is 12.1 Å². The van der Waals surface area contributed by atoms with Gasteiger partial charge in [0.25, 0.3) is 0 Å². The normalized spacial score (nSPS) is 23.4. The van der Waals surface area contributed by atoms with E-state index in [2.05, 4.69) is 19.2 Å². The summed E-state index contributed by atoms with van der Waals surface area (Å²) >= 11 is 0. The molecule has 0 aromatic carbocycles. The van der Waals surface area contributed by atoms with Crippen LogP contribution in [0.5, 0.6) is 0 Å². The van der Waals surface area contributed by atoms with Crippen LogP contribution in [0, 0.1) is 5.92 Å². The molecule has 6 heteroatoms. The lowest BCUT2D eigenvalue weighted by Gasteiger charge is -2.37. The van der Waals surface area contributed by atoms with E-state index >= 15 is 0 Å². The first-order valence-electron chi connectivity index (χ1n) is 9.64. The van der Waals surface area contributed by atoms with Crippen molar-refractivity contribution < 1.29 is 23.8 Å². The Bertz CT molecular complexity index is 505. The Labute approximate surface area is 157 Å². The van der Waals surface area contributed by atoms with Crippen LogP contribution in [0.2, 0.25) is 0 Å². The van der Waals surface area contributed by atoms with Crippen LogP contribution in [0.25, 0.3) is 0 Å². The molecule has 0 bridgehead atoms. The molecule has 1 N–H and O–H groups in total. The van der Waals surface area contributed by atoms with E-state index in [9.17, 15) is 9.59 Å². The third-order valence-corrected chi connectivity index (χ3v) is 4.36. The largest absolute Gasteiger partial charge is 0.463 e. The lowest BCUT2D eigenvalue weighted by atomic mass is 9.83. The second kappa shape index (κ2) is 9.95. The van der Waals surface area contributed by atoms with Gasteiger partial charge < -0.3 is 19.5 Å². The Morgan fingerprint density at radius 3 is 2.35 bits per heavy atom. The third kappa shape index (κ3) is 6.98. The summed E-state index contributed by atoms with van der Waals surface area (Å²) in [4.78, 5) is 24.4. The van der Waals surface area contributed by atoms with Gasteiger partial charge in [0, 0.05) is 5.57 Å². The van der Waals surface area contributed by atoms with E-state index in [4.69, 9.17) is 14.2 Å². The van der Waals surface area contributed by atoms with Gasteiger partial charge in [0.15, 0.2) is 0 Å². The molecule has 150 valence electrons. The molecule has 3 atom stereocenters. The zero-order valence-electron chi connectivity index (χ0n) is 17.3. The molecule has 1 rings (SSSR count). The molecule has 0 fully saturated rings. The monoisotopic (exact) mass is 369 g/mol. The molecule has 1 aliphatic rings. The molecular weight excluding hydrogens is 334 g/mol. The molecule has 0 saturated heterocycles. The molecule has 0 aliphatic heterocycles. The predicted octanol–water partition coefficient (Wildman–Crippen LogP) is 3.98. The van der Waals surface area contributed by atoms with Crippen molar-refractivity contribution >= 4 is 12.1 Å². The number of nitrogens with one attached hydrogen (secondary N) is 1. The fraction of sp³-hybridized carbons (Fsp3) is 0.800. The first kappa shape index (κ1) is 22.5. The van der Waals surface area contributed by atoms with E-state index in [0.717, 1.165) is 12.8 Å². The van der Waals surface area contributed by atoms with E-state index in [0.29, 0.717) is 18.6 Å². The lowest BCUT2D eigenvalue weighted by molar-refractivity contribution is -0.139. The molecule has 26 heavy (non-hydrogen) atoms. The molecule has 1 aliphatic carbocycles. The number of carbonyl (C=O) groups excluding carboxylic acids is 2. The van der Waals surface area contributed by atoms with Crippen LogP contribution in [0.1, 0.15) is 67.7 Å². The molecule has 6 nitrogen and oxygen atoms in total. The maximum Gasteiger partial charge on any atom is 0.407 e. The van der Waals surface area contributed by atoms with Crippen LogP contribution >= 0.6 is 0 Å². The van der Waals surface area contributed by atoms with Crippen LogP contribution in [0.15, 0.2) is 11.6 Å². The molecule has 0 aromatic rings. The van der Waals surface area contributed by atoms with E-state index in [-0.39, 0.29) is 24.0 Å². The first-order chi connectivity index (χ1) is 12.1. The van der Waals surface area contributed by atoms with Gasteiger partial charge in [0.05, 0.1) is 24.9 Å². The van der Waals surface area contributed by atoms with Crippen molar-refractivity contribution in [1.82, 2.24) is 5.32 Å². The summed E-state index contributed by atoms with van der Waals surface area (Å²) in [5.74, 6) is -0.292. The van der Waals surface area contributed by atoms with Crippen LogP contribution in [-0.4, -0.2) is 42.5 Å². The van der Waals surface area contributed by atoms with Crippen LogP contribution in [-0.2, 0) is 19.0 Å².